The molecular weight excluding hydrogens is 264 g/mol. The van der Waals surface area contributed by atoms with E-state index >= 15 is 0 Å². The SMILES string of the molecule is COC(=O)c1cc(OC)cc(C=O)c1Br. The molecule has 0 unspecified atom stereocenters. The maximum Gasteiger partial charge on any atom is 0.339 e. The number of ether oxygens (including phenoxy) is 2. The summed E-state index contributed by atoms with van der Waals surface area (Å²) < 4.78 is 9.94. The van der Waals surface area contributed by atoms with Gasteiger partial charge < -0.3 is 9.47 Å². The lowest BCUT2D eigenvalue weighted by molar-refractivity contribution is 0.0599. The van der Waals surface area contributed by atoms with Gasteiger partial charge in [-0.15, -0.1) is 0 Å². The van der Waals surface area contributed by atoms with Gasteiger partial charge in [-0.2, -0.15) is 0 Å². The fraction of sp³-hybridized carbons (Fsp3) is 0.200. The van der Waals surface area contributed by atoms with Crippen LogP contribution in [0.2, 0.25) is 0 Å². The zero-order chi connectivity index (χ0) is 11.4. The third kappa shape index (κ3) is 2.36. The summed E-state index contributed by atoms with van der Waals surface area (Å²) >= 11 is 3.16. The summed E-state index contributed by atoms with van der Waals surface area (Å²) in [4.78, 5) is 22.1. The van der Waals surface area contributed by atoms with Crippen LogP contribution in [0.1, 0.15) is 20.7 Å². The smallest absolute Gasteiger partial charge is 0.339 e. The van der Waals surface area contributed by atoms with Gasteiger partial charge in [0.05, 0.1) is 19.8 Å². The first kappa shape index (κ1) is 11.7. The quantitative estimate of drug-likeness (QED) is 0.624. The Balaban J connectivity index is 3.36. The van der Waals surface area contributed by atoms with Crippen LogP contribution < -0.4 is 4.74 Å². The Morgan fingerprint density at radius 1 is 1.40 bits per heavy atom. The zero-order valence-electron chi connectivity index (χ0n) is 8.24. The molecule has 0 heterocycles. The third-order valence-corrected chi connectivity index (χ3v) is 2.73. The van der Waals surface area contributed by atoms with E-state index in [-0.39, 0.29) is 5.56 Å². The Hall–Kier alpha value is -1.36. The largest absolute Gasteiger partial charge is 0.497 e. The van der Waals surface area contributed by atoms with E-state index in [1.165, 1.54) is 26.4 Å². The number of aldehydes is 1. The first-order valence-corrected chi connectivity index (χ1v) is 4.84. The van der Waals surface area contributed by atoms with Crippen molar-refractivity contribution in [2.45, 2.75) is 0 Å². The molecule has 4 nitrogen and oxygen atoms in total. The fourth-order valence-electron chi connectivity index (χ4n) is 1.08. The van der Waals surface area contributed by atoms with Crippen molar-refractivity contribution in [3.63, 3.8) is 0 Å². The van der Waals surface area contributed by atoms with Crippen LogP contribution in [-0.4, -0.2) is 26.5 Å². The van der Waals surface area contributed by atoms with Crippen molar-refractivity contribution in [3.05, 3.63) is 27.7 Å². The summed E-state index contributed by atoms with van der Waals surface area (Å²) in [7, 11) is 2.73. The van der Waals surface area contributed by atoms with Gasteiger partial charge in [-0.3, -0.25) is 4.79 Å². The monoisotopic (exact) mass is 272 g/mol. The molecule has 0 aliphatic carbocycles. The molecule has 0 bridgehead atoms. The summed E-state index contributed by atoms with van der Waals surface area (Å²) in [6, 6.07) is 3.03. The molecule has 0 saturated carbocycles. The summed E-state index contributed by atoms with van der Waals surface area (Å²) in [5.74, 6) is -0.0930. The van der Waals surface area contributed by atoms with Crippen LogP contribution in [0.3, 0.4) is 0 Å². The predicted octanol–water partition coefficient (Wildman–Crippen LogP) is 2.06. The van der Waals surface area contributed by atoms with Gasteiger partial charge in [-0.1, -0.05) is 0 Å². The average molecular weight is 273 g/mol. The van der Waals surface area contributed by atoms with Crippen molar-refractivity contribution in [2.75, 3.05) is 14.2 Å². The predicted molar refractivity (Wildman–Crippen MR) is 57.4 cm³/mol. The third-order valence-electron chi connectivity index (χ3n) is 1.84. The summed E-state index contributed by atoms with van der Waals surface area (Å²) in [6.45, 7) is 0. The van der Waals surface area contributed by atoms with Crippen LogP contribution in [0, 0.1) is 0 Å². The minimum atomic E-state index is -0.524. The van der Waals surface area contributed by atoms with Crippen LogP contribution in [0.15, 0.2) is 16.6 Å². The number of benzene rings is 1. The van der Waals surface area contributed by atoms with Crippen molar-refractivity contribution in [2.24, 2.45) is 0 Å². The second-order valence-electron chi connectivity index (χ2n) is 2.69. The molecule has 80 valence electrons. The highest BCUT2D eigenvalue weighted by atomic mass is 79.9. The molecule has 0 N–H and O–H groups in total. The maximum absolute atomic E-state index is 11.3. The molecule has 1 aromatic rings. The van der Waals surface area contributed by atoms with Crippen molar-refractivity contribution in [1.29, 1.82) is 0 Å². The summed E-state index contributed by atoms with van der Waals surface area (Å²) in [5.41, 5.74) is 0.605. The Morgan fingerprint density at radius 3 is 2.53 bits per heavy atom. The van der Waals surface area contributed by atoms with E-state index in [4.69, 9.17) is 4.74 Å². The van der Waals surface area contributed by atoms with Gasteiger partial charge in [0.25, 0.3) is 0 Å². The number of carbonyl (C=O) groups excluding carboxylic acids is 2. The van der Waals surface area contributed by atoms with Gasteiger partial charge in [-0.25, -0.2) is 4.79 Å². The highest BCUT2D eigenvalue weighted by molar-refractivity contribution is 9.10. The van der Waals surface area contributed by atoms with E-state index in [0.717, 1.165) is 0 Å². The van der Waals surface area contributed by atoms with Crippen LogP contribution in [-0.2, 0) is 4.74 Å². The maximum atomic E-state index is 11.3. The van der Waals surface area contributed by atoms with Crippen LogP contribution in [0.25, 0.3) is 0 Å². The minimum absolute atomic E-state index is 0.263. The lowest BCUT2D eigenvalue weighted by Gasteiger charge is -2.07. The number of hydrogen-bond donors (Lipinski definition) is 0. The Bertz CT molecular complexity index is 401. The van der Waals surface area contributed by atoms with Crippen LogP contribution in [0.5, 0.6) is 5.75 Å². The standard InChI is InChI=1S/C10H9BrO4/c1-14-7-3-6(5-12)9(11)8(4-7)10(13)15-2/h3-5H,1-2H3. The van der Waals surface area contributed by atoms with Crippen LogP contribution in [0.4, 0.5) is 0 Å². The molecule has 0 amide bonds. The topological polar surface area (TPSA) is 52.6 Å². The van der Waals surface area contributed by atoms with E-state index in [9.17, 15) is 9.59 Å². The molecule has 0 saturated heterocycles. The Kier molecular flexibility index (Phi) is 3.85. The van der Waals surface area contributed by atoms with Gasteiger partial charge in [-0.05, 0) is 28.1 Å². The van der Waals surface area contributed by atoms with E-state index in [0.29, 0.717) is 22.1 Å². The van der Waals surface area contributed by atoms with E-state index in [2.05, 4.69) is 20.7 Å². The van der Waals surface area contributed by atoms with Gasteiger partial charge in [0, 0.05) is 10.0 Å². The Labute approximate surface area is 95.3 Å². The number of rotatable bonds is 3. The van der Waals surface area contributed by atoms with Gasteiger partial charge in [0.2, 0.25) is 0 Å². The number of halogens is 1. The molecule has 1 rings (SSSR count). The molecule has 0 aliphatic heterocycles. The number of methoxy groups -OCH3 is 2. The summed E-state index contributed by atoms with van der Waals surface area (Å²) in [5, 5.41) is 0. The van der Waals surface area contributed by atoms with E-state index in [1.807, 2.05) is 0 Å². The number of esters is 1. The van der Waals surface area contributed by atoms with Crippen molar-refractivity contribution < 1.29 is 19.1 Å². The van der Waals surface area contributed by atoms with Gasteiger partial charge >= 0.3 is 5.97 Å². The first-order chi connectivity index (χ1) is 7.13. The van der Waals surface area contributed by atoms with Crippen molar-refractivity contribution >= 4 is 28.2 Å². The molecule has 0 radical (unpaired) electrons. The molecular formula is C10H9BrO4. The van der Waals surface area contributed by atoms with Crippen LogP contribution >= 0.6 is 15.9 Å². The summed E-state index contributed by atoms with van der Waals surface area (Å²) in [6.07, 6.45) is 0.638. The molecule has 0 fully saturated rings. The molecule has 0 aliphatic rings. The molecule has 0 spiro atoms. The molecule has 1 aromatic carbocycles. The van der Waals surface area contributed by atoms with Gasteiger partial charge in [0.15, 0.2) is 6.29 Å². The highest BCUT2D eigenvalue weighted by Crippen LogP contribution is 2.27. The first-order valence-electron chi connectivity index (χ1n) is 4.05. The molecule has 0 atom stereocenters. The number of hydrogen-bond acceptors (Lipinski definition) is 4. The second-order valence-corrected chi connectivity index (χ2v) is 3.48. The van der Waals surface area contributed by atoms with Crippen molar-refractivity contribution in [3.8, 4) is 5.75 Å². The van der Waals surface area contributed by atoms with Gasteiger partial charge in [0.1, 0.15) is 5.75 Å². The Morgan fingerprint density at radius 2 is 2.07 bits per heavy atom. The lowest BCUT2D eigenvalue weighted by Crippen LogP contribution is -2.04. The highest BCUT2D eigenvalue weighted by Gasteiger charge is 2.15. The molecule has 15 heavy (non-hydrogen) atoms. The average Bonchev–Trinajstić information content (AvgIpc) is 2.28. The second kappa shape index (κ2) is 4.93. The zero-order valence-corrected chi connectivity index (χ0v) is 9.83. The lowest BCUT2D eigenvalue weighted by atomic mass is 10.1. The van der Waals surface area contributed by atoms with E-state index in [1.54, 1.807) is 0 Å². The normalized spacial score (nSPS) is 9.53. The molecule has 5 heteroatoms. The fourth-order valence-corrected chi connectivity index (χ4v) is 1.57. The minimum Gasteiger partial charge on any atom is -0.497 e. The molecule has 0 aromatic heterocycles. The number of carbonyl (C=O) groups is 2. The van der Waals surface area contributed by atoms with Crippen molar-refractivity contribution in [1.82, 2.24) is 0 Å². The van der Waals surface area contributed by atoms with E-state index < -0.39 is 5.97 Å².